The Morgan fingerprint density at radius 2 is 0.812 bits per heavy atom. The first-order valence-corrected chi connectivity index (χ1v) is 13.2. The van der Waals surface area contributed by atoms with Gasteiger partial charge in [-0.05, 0) is 36.4 Å². The molecule has 0 bridgehead atoms. The molecule has 3 rings (SSSR count). The average Bonchev–Trinajstić information content (AvgIpc) is 2.75. The fourth-order valence-corrected chi connectivity index (χ4v) is 3.39. The first kappa shape index (κ1) is 28.7. The van der Waals surface area contributed by atoms with Crippen LogP contribution in [-0.4, -0.2) is 34.3 Å². The van der Waals surface area contributed by atoms with Crippen molar-refractivity contribution in [2.45, 2.75) is 0 Å². The maximum atomic E-state index is 9.58. The lowest BCUT2D eigenvalue weighted by Gasteiger charge is -2.11. The summed E-state index contributed by atoms with van der Waals surface area (Å²) in [6, 6.07) is 26.9. The molecule has 0 fully saturated rings. The van der Waals surface area contributed by atoms with Crippen LogP contribution >= 0.6 is 34.2 Å². The third-order valence-electron chi connectivity index (χ3n) is 2.99. The van der Waals surface area contributed by atoms with Crippen molar-refractivity contribution in [1.82, 2.24) is 0 Å². The van der Waals surface area contributed by atoms with Gasteiger partial charge >= 0.3 is 25.8 Å². The van der Waals surface area contributed by atoms with Gasteiger partial charge in [-0.15, -0.1) is 0 Å². The summed E-state index contributed by atoms with van der Waals surface area (Å²) >= 11 is 0. The Morgan fingerprint density at radius 3 is 1.06 bits per heavy atom. The van der Waals surface area contributed by atoms with E-state index in [1.807, 2.05) is 42.5 Å². The predicted molar refractivity (Wildman–Crippen MR) is 125 cm³/mol. The maximum absolute atomic E-state index is 9.58. The molecule has 0 aliphatic rings. The lowest BCUT2D eigenvalue weighted by atomic mass is 10.3. The highest BCUT2D eigenvalue weighted by Gasteiger charge is 2.10. The van der Waals surface area contributed by atoms with Crippen LogP contribution < -0.4 is 14.4 Å². The number of hydrogen-bond donors (Lipinski definition) is 7. The lowest BCUT2D eigenvalue weighted by Crippen LogP contribution is -1.96. The molecule has 0 saturated carbocycles. The molecule has 10 nitrogen and oxygen atoms in total. The molecule has 0 aliphatic heterocycles. The molecule has 14 heteroatoms. The molecule has 0 aromatic heterocycles. The molecular weight excluding hydrogens is 500 g/mol. The van der Waals surface area contributed by atoms with Crippen LogP contribution in [-0.2, 0) is 4.31 Å². The molecule has 0 heterocycles. The van der Waals surface area contributed by atoms with Gasteiger partial charge in [0.2, 0.25) is 0 Å². The largest absolute Gasteiger partial charge is 0.460 e. The second-order valence-corrected chi connectivity index (χ2v) is 8.86. The van der Waals surface area contributed by atoms with Crippen LogP contribution in [0.5, 0.6) is 11.5 Å². The standard InChI is InChI=1S/C12H11O3P.C6H7O2P.H4O5P2/c13-16(14-11-7-3-1-4-8-11)15-12-9-5-2-6-10-12;7-9(8)6-4-2-1-3-5-6;1-6(2)5-7(3)4/h1-10,13H;1-5,7-8H;1-4H. The Hall–Kier alpha value is -1.34. The first-order chi connectivity index (χ1) is 15.3. The van der Waals surface area contributed by atoms with Crippen LogP contribution in [0, 0.1) is 0 Å². The van der Waals surface area contributed by atoms with Gasteiger partial charge < -0.3 is 43.3 Å². The molecule has 0 saturated heterocycles. The van der Waals surface area contributed by atoms with Crippen LogP contribution in [0.4, 0.5) is 0 Å². The zero-order valence-electron chi connectivity index (χ0n) is 16.3. The van der Waals surface area contributed by atoms with Crippen molar-refractivity contribution in [3.8, 4) is 11.5 Å². The summed E-state index contributed by atoms with van der Waals surface area (Å²) in [6.45, 7) is 0. The van der Waals surface area contributed by atoms with E-state index < -0.39 is 34.2 Å². The van der Waals surface area contributed by atoms with Gasteiger partial charge in [0.05, 0.1) is 0 Å². The number of benzene rings is 3. The van der Waals surface area contributed by atoms with Gasteiger partial charge in [-0.25, -0.2) is 4.31 Å². The first-order valence-electron chi connectivity index (χ1n) is 8.49. The van der Waals surface area contributed by atoms with Gasteiger partial charge in [-0.3, -0.25) is 0 Å². The van der Waals surface area contributed by atoms with Gasteiger partial charge in [-0.1, -0.05) is 54.6 Å². The molecule has 0 unspecified atom stereocenters. The van der Waals surface area contributed by atoms with E-state index in [0.717, 1.165) is 0 Å². The molecule has 3 aromatic rings. The van der Waals surface area contributed by atoms with Gasteiger partial charge in [0.1, 0.15) is 11.5 Å². The zero-order chi connectivity index (χ0) is 23.8. The number of para-hydroxylation sites is 2. The molecular formula is C18H22O10P4. The summed E-state index contributed by atoms with van der Waals surface area (Å²) in [5.41, 5.74) is 0. The third-order valence-corrected chi connectivity index (χ3v) is 5.65. The minimum Gasteiger partial charge on any atom is -0.418 e. The average molecular weight is 522 g/mol. The quantitative estimate of drug-likeness (QED) is 0.228. The van der Waals surface area contributed by atoms with Crippen molar-refractivity contribution < 1.29 is 47.6 Å². The second kappa shape index (κ2) is 17.2. The zero-order valence-corrected chi connectivity index (χ0v) is 19.9. The Bertz CT molecular complexity index is 781. The van der Waals surface area contributed by atoms with E-state index in [2.05, 4.69) is 4.31 Å². The molecule has 0 amide bonds. The molecule has 0 radical (unpaired) electrons. The molecule has 0 aliphatic carbocycles. The third kappa shape index (κ3) is 14.7. The smallest absolute Gasteiger partial charge is 0.418 e. The highest BCUT2D eigenvalue weighted by atomic mass is 31.2. The topological polar surface area (TPSA) is 169 Å². The second-order valence-electron chi connectivity index (χ2n) is 5.26. The Balaban J connectivity index is 0.000000271. The van der Waals surface area contributed by atoms with Crippen LogP contribution in [0.2, 0.25) is 0 Å². The summed E-state index contributed by atoms with van der Waals surface area (Å²) in [5.74, 6) is 1.18. The monoisotopic (exact) mass is 522 g/mol. The summed E-state index contributed by atoms with van der Waals surface area (Å²) in [6.07, 6.45) is 0. The van der Waals surface area contributed by atoms with E-state index in [1.54, 1.807) is 48.5 Å². The number of hydrogen-bond acceptors (Lipinski definition) is 10. The van der Waals surface area contributed by atoms with Crippen molar-refractivity contribution in [1.29, 1.82) is 0 Å². The summed E-state index contributed by atoms with van der Waals surface area (Å²) in [7, 11) is -9.05. The van der Waals surface area contributed by atoms with Crippen LogP contribution in [0.3, 0.4) is 0 Å². The highest BCUT2D eigenvalue weighted by Crippen LogP contribution is 2.41. The fourth-order valence-electron chi connectivity index (χ4n) is 1.79. The van der Waals surface area contributed by atoms with Crippen molar-refractivity contribution in [3.63, 3.8) is 0 Å². The molecule has 0 spiro atoms. The SMILES string of the molecule is OP(O)OP(O)O.OP(O)c1ccccc1.OP(Oc1ccccc1)Oc1ccccc1. The van der Waals surface area contributed by atoms with E-state index in [-0.39, 0.29) is 0 Å². The van der Waals surface area contributed by atoms with Gasteiger partial charge in [-0.2, -0.15) is 0 Å². The van der Waals surface area contributed by atoms with Gasteiger partial charge in [0.15, 0.2) is 8.38 Å². The van der Waals surface area contributed by atoms with E-state index in [0.29, 0.717) is 16.8 Å². The van der Waals surface area contributed by atoms with Crippen molar-refractivity contribution in [2.75, 3.05) is 0 Å². The fraction of sp³-hybridized carbons (Fsp3) is 0. The van der Waals surface area contributed by atoms with Crippen molar-refractivity contribution in [2.24, 2.45) is 0 Å². The molecule has 3 aromatic carbocycles. The Kier molecular flexibility index (Phi) is 15.4. The summed E-state index contributed by atoms with van der Waals surface area (Å²) in [4.78, 5) is 58.1. The normalized spacial score (nSPS) is 10.3. The van der Waals surface area contributed by atoms with Crippen LogP contribution in [0.15, 0.2) is 91.0 Å². The van der Waals surface area contributed by atoms with E-state index in [9.17, 15) is 4.89 Å². The highest BCUT2D eigenvalue weighted by molar-refractivity contribution is 7.54. The van der Waals surface area contributed by atoms with Crippen LogP contribution in [0.25, 0.3) is 0 Å². The van der Waals surface area contributed by atoms with E-state index >= 15 is 0 Å². The van der Waals surface area contributed by atoms with E-state index in [4.69, 9.17) is 38.4 Å². The summed E-state index contributed by atoms with van der Waals surface area (Å²) in [5, 5.41) is 0.590. The minimum atomic E-state index is -2.61. The molecule has 174 valence electrons. The minimum absolute atomic E-state index is 0.590. The maximum Gasteiger partial charge on any atom is 0.460 e. The molecule has 7 N–H and O–H groups in total. The molecule has 32 heavy (non-hydrogen) atoms. The van der Waals surface area contributed by atoms with Gasteiger partial charge in [0, 0.05) is 5.30 Å². The number of rotatable bonds is 7. The lowest BCUT2D eigenvalue weighted by molar-refractivity contribution is 0.324. The van der Waals surface area contributed by atoms with Crippen molar-refractivity contribution >= 4 is 39.5 Å². The van der Waals surface area contributed by atoms with Crippen molar-refractivity contribution in [3.05, 3.63) is 91.0 Å². The summed E-state index contributed by atoms with van der Waals surface area (Å²) < 4.78 is 14.0. The van der Waals surface area contributed by atoms with Gasteiger partial charge in [0.25, 0.3) is 0 Å². The Morgan fingerprint density at radius 1 is 0.469 bits per heavy atom. The predicted octanol–water partition coefficient (Wildman–Crippen LogP) is 3.40. The molecule has 0 atom stereocenters. The Labute approximate surface area is 189 Å². The van der Waals surface area contributed by atoms with E-state index in [1.165, 1.54) is 0 Å². The van der Waals surface area contributed by atoms with Crippen LogP contribution in [0.1, 0.15) is 0 Å².